The predicted octanol–water partition coefficient (Wildman–Crippen LogP) is 2.20. The van der Waals surface area contributed by atoms with Gasteiger partial charge < -0.3 is 15.5 Å². The second-order valence-corrected chi connectivity index (χ2v) is 4.62. The fourth-order valence-electron chi connectivity index (χ4n) is 1.75. The molecule has 0 saturated carbocycles. The first-order valence-electron chi connectivity index (χ1n) is 5.81. The van der Waals surface area contributed by atoms with E-state index < -0.39 is 5.82 Å². The molecule has 0 bridgehead atoms. The monoisotopic (exact) mass is 241 g/mol. The summed E-state index contributed by atoms with van der Waals surface area (Å²) in [5.74, 6) is -0.239. The van der Waals surface area contributed by atoms with Crippen LogP contribution in [0.3, 0.4) is 0 Å². The highest BCUT2D eigenvalue weighted by Gasteiger charge is 2.17. The van der Waals surface area contributed by atoms with E-state index in [9.17, 15) is 14.6 Å². The third-order valence-corrected chi connectivity index (χ3v) is 2.92. The quantitative estimate of drug-likeness (QED) is 0.740. The number of aliphatic hydroxyl groups excluding tert-OH is 1. The smallest absolute Gasteiger partial charge is 0.126 e. The maximum atomic E-state index is 12.8. The van der Waals surface area contributed by atoms with Gasteiger partial charge in [0.15, 0.2) is 0 Å². The molecule has 1 rings (SSSR count). The molecule has 0 aromatic heterocycles. The summed E-state index contributed by atoms with van der Waals surface area (Å²) in [6.45, 7) is 5.91. The number of phenolic OH excluding ortho intramolecular Hbond substituents is 1. The van der Waals surface area contributed by atoms with Gasteiger partial charge in [-0.25, -0.2) is 4.39 Å². The Balaban J connectivity index is 2.78. The first-order chi connectivity index (χ1) is 7.95. The molecule has 17 heavy (non-hydrogen) atoms. The maximum absolute atomic E-state index is 12.8. The molecule has 0 aliphatic carbocycles. The summed E-state index contributed by atoms with van der Waals surface area (Å²) in [5.41, 5.74) is 0.630. The maximum Gasteiger partial charge on any atom is 0.126 e. The summed E-state index contributed by atoms with van der Waals surface area (Å²) in [4.78, 5) is 0. The van der Waals surface area contributed by atoms with Crippen molar-refractivity contribution >= 4 is 0 Å². The van der Waals surface area contributed by atoms with Crippen molar-refractivity contribution in [3.05, 3.63) is 29.6 Å². The molecule has 0 radical (unpaired) electrons. The number of aliphatic hydroxyl groups is 1. The molecule has 1 unspecified atom stereocenters. The number of hydrogen-bond acceptors (Lipinski definition) is 3. The summed E-state index contributed by atoms with van der Waals surface area (Å²) in [5, 5.41) is 22.1. The van der Waals surface area contributed by atoms with Crippen LogP contribution < -0.4 is 5.32 Å². The first kappa shape index (κ1) is 13.9. The zero-order chi connectivity index (χ0) is 13.0. The minimum atomic E-state index is -0.457. The average Bonchev–Trinajstić information content (AvgIpc) is 2.24. The molecule has 0 fully saturated rings. The van der Waals surface area contributed by atoms with Gasteiger partial charge in [0.25, 0.3) is 0 Å². The van der Waals surface area contributed by atoms with Crippen LogP contribution in [0.25, 0.3) is 0 Å². The van der Waals surface area contributed by atoms with E-state index in [0.717, 1.165) is 6.07 Å². The Bertz CT molecular complexity index is 368. The van der Waals surface area contributed by atoms with Gasteiger partial charge in [0.1, 0.15) is 11.6 Å². The first-order valence-corrected chi connectivity index (χ1v) is 5.81. The average molecular weight is 241 g/mol. The van der Waals surface area contributed by atoms with Crippen molar-refractivity contribution in [3.63, 3.8) is 0 Å². The van der Waals surface area contributed by atoms with Gasteiger partial charge in [-0.1, -0.05) is 19.9 Å². The summed E-state index contributed by atoms with van der Waals surface area (Å²) in [7, 11) is 0. The van der Waals surface area contributed by atoms with Gasteiger partial charge >= 0.3 is 0 Å². The van der Waals surface area contributed by atoms with E-state index in [4.69, 9.17) is 0 Å². The summed E-state index contributed by atoms with van der Waals surface area (Å²) in [6, 6.07) is 3.77. The Kier molecular flexibility index (Phi) is 4.90. The number of benzene rings is 1. The van der Waals surface area contributed by atoms with Gasteiger partial charge in [-0.05, 0) is 18.9 Å². The molecule has 2 atom stereocenters. The number of nitrogens with one attached hydrogen (secondary N) is 1. The summed E-state index contributed by atoms with van der Waals surface area (Å²) < 4.78 is 12.8. The molecular weight excluding hydrogens is 221 g/mol. The highest BCUT2D eigenvalue weighted by Crippen LogP contribution is 2.25. The van der Waals surface area contributed by atoms with E-state index in [1.54, 1.807) is 6.07 Å². The van der Waals surface area contributed by atoms with Crippen molar-refractivity contribution in [2.24, 2.45) is 5.92 Å². The van der Waals surface area contributed by atoms with Crippen molar-refractivity contribution in [1.82, 2.24) is 5.32 Å². The van der Waals surface area contributed by atoms with E-state index in [1.165, 1.54) is 6.07 Å². The van der Waals surface area contributed by atoms with Crippen LogP contribution in [0.4, 0.5) is 4.39 Å². The van der Waals surface area contributed by atoms with E-state index in [-0.39, 0.29) is 30.4 Å². The summed E-state index contributed by atoms with van der Waals surface area (Å²) >= 11 is 0. The number of rotatable bonds is 5. The molecule has 0 aliphatic rings. The molecule has 1 aromatic rings. The van der Waals surface area contributed by atoms with Crippen LogP contribution in [0.15, 0.2) is 18.2 Å². The predicted molar refractivity (Wildman–Crippen MR) is 65.3 cm³/mol. The van der Waals surface area contributed by atoms with Crippen LogP contribution in [-0.2, 0) is 0 Å². The lowest BCUT2D eigenvalue weighted by molar-refractivity contribution is 0.201. The molecule has 0 aliphatic heterocycles. The minimum Gasteiger partial charge on any atom is -0.508 e. The van der Waals surface area contributed by atoms with Gasteiger partial charge in [0.05, 0.1) is 6.61 Å². The molecule has 0 amide bonds. The largest absolute Gasteiger partial charge is 0.508 e. The lowest BCUT2D eigenvalue weighted by Crippen LogP contribution is -2.38. The minimum absolute atomic E-state index is 0.0317. The second kappa shape index (κ2) is 5.98. The fourth-order valence-corrected chi connectivity index (χ4v) is 1.75. The highest BCUT2D eigenvalue weighted by atomic mass is 19.1. The molecule has 96 valence electrons. The van der Waals surface area contributed by atoms with E-state index in [1.807, 2.05) is 20.8 Å². The Hall–Kier alpha value is -1.13. The van der Waals surface area contributed by atoms with Crippen molar-refractivity contribution < 1.29 is 14.6 Å². The third kappa shape index (κ3) is 3.68. The molecule has 3 nitrogen and oxygen atoms in total. The van der Waals surface area contributed by atoms with Crippen molar-refractivity contribution in [3.8, 4) is 5.75 Å². The molecule has 1 aromatic carbocycles. The standard InChI is InChI=1S/C13H20FNO2/c1-8(2)12(7-16)15-9(3)11-5-4-10(14)6-13(11)17/h4-6,8-9,12,15-17H,7H2,1-3H3/t9?,12-/m1/s1. The molecule has 4 heteroatoms. The summed E-state index contributed by atoms with van der Waals surface area (Å²) in [6.07, 6.45) is 0. The van der Waals surface area contributed by atoms with Crippen molar-refractivity contribution in [2.75, 3.05) is 6.61 Å². The highest BCUT2D eigenvalue weighted by molar-refractivity contribution is 5.34. The van der Waals surface area contributed by atoms with E-state index in [2.05, 4.69) is 5.32 Å². The lowest BCUT2D eigenvalue weighted by atomic mass is 10.0. The third-order valence-electron chi connectivity index (χ3n) is 2.92. The molecule has 0 heterocycles. The van der Waals surface area contributed by atoms with E-state index in [0.29, 0.717) is 5.56 Å². The van der Waals surface area contributed by atoms with Crippen LogP contribution >= 0.6 is 0 Å². The van der Waals surface area contributed by atoms with Crippen molar-refractivity contribution in [2.45, 2.75) is 32.9 Å². The normalized spacial score (nSPS) is 14.9. The van der Waals surface area contributed by atoms with Crippen LogP contribution in [0, 0.1) is 11.7 Å². The molecule has 0 saturated heterocycles. The van der Waals surface area contributed by atoms with E-state index >= 15 is 0 Å². The Morgan fingerprint density at radius 1 is 1.29 bits per heavy atom. The number of hydrogen-bond donors (Lipinski definition) is 3. The zero-order valence-electron chi connectivity index (χ0n) is 10.4. The molecule has 3 N–H and O–H groups in total. The van der Waals surface area contributed by atoms with Gasteiger partial charge in [0.2, 0.25) is 0 Å². The van der Waals surface area contributed by atoms with Gasteiger partial charge in [-0.3, -0.25) is 0 Å². The second-order valence-electron chi connectivity index (χ2n) is 4.62. The number of phenols is 1. The van der Waals surface area contributed by atoms with Crippen LogP contribution in [0.5, 0.6) is 5.75 Å². The van der Waals surface area contributed by atoms with Crippen LogP contribution in [0.1, 0.15) is 32.4 Å². The van der Waals surface area contributed by atoms with Crippen LogP contribution in [0.2, 0.25) is 0 Å². The number of aromatic hydroxyl groups is 1. The van der Waals surface area contributed by atoms with Gasteiger partial charge in [-0.2, -0.15) is 0 Å². The SMILES string of the molecule is CC(N[C@H](CO)C(C)C)c1ccc(F)cc1O. The number of halogens is 1. The van der Waals surface area contributed by atoms with Gasteiger partial charge in [-0.15, -0.1) is 0 Å². The fraction of sp³-hybridized carbons (Fsp3) is 0.538. The Labute approximate surface area is 101 Å². The molecule has 0 spiro atoms. The van der Waals surface area contributed by atoms with Crippen molar-refractivity contribution in [1.29, 1.82) is 0 Å². The van der Waals surface area contributed by atoms with Crippen LogP contribution in [-0.4, -0.2) is 22.9 Å². The topological polar surface area (TPSA) is 52.5 Å². The lowest BCUT2D eigenvalue weighted by Gasteiger charge is -2.25. The van der Waals surface area contributed by atoms with Gasteiger partial charge in [0, 0.05) is 23.7 Å². The Morgan fingerprint density at radius 3 is 2.41 bits per heavy atom. The Morgan fingerprint density at radius 2 is 1.94 bits per heavy atom. The molecular formula is C13H20FNO2. The zero-order valence-corrected chi connectivity index (χ0v) is 10.4.